The third-order valence-corrected chi connectivity index (χ3v) is 4.23. The summed E-state index contributed by atoms with van der Waals surface area (Å²) in [5.74, 6) is 2.31. The molecule has 3 aliphatic rings. The van der Waals surface area contributed by atoms with Crippen LogP contribution >= 0.6 is 0 Å². The van der Waals surface area contributed by atoms with Crippen molar-refractivity contribution in [2.24, 2.45) is 10.7 Å². The fourth-order valence-electron chi connectivity index (χ4n) is 3.02. The van der Waals surface area contributed by atoms with Crippen LogP contribution in [0.15, 0.2) is 23.2 Å². The number of hydrogen-bond acceptors (Lipinski definition) is 5. The molecule has 4 rings (SSSR count). The first-order valence-electron chi connectivity index (χ1n) is 6.68. The van der Waals surface area contributed by atoms with Crippen LogP contribution in [-0.4, -0.2) is 30.2 Å². The molecule has 19 heavy (non-hydrogen) atoms. The fraction of sp³-hybridized carbons (Fsp3) is 0.500. The zero-order valence-corrected chi connectivity index (χ0v) is 10.9. The first-order valence-corrected chi connectivity index (χ1v) is 6.68. The molecule has 1 aliphatic carbocycles. The van der Waals surface area contributed by atoms with Gasteiger partial charge in [-0.2, -0.15) is 0 Å². The van der Waals surface area contributed by atoms with Crippen LogP contribution in [0.25, 0.3) is 0 Å². The van der Waals surface area contributed by atoms with Crippen molar-refractivity contribution in [2.75, 3.05) is 13.3 Å². The first-order chi connectivity index (χ1) is 9.18. The van der Waals surface area contributed by atoms with E-state index < -0.39 is 0 Å². The van der Waals surface area contributed by atoms with Crippen molar-refractivity contribution in [3.8, 4) is 11.5 Å². The van der Waals surface area contributed by atoms with Gasteiger partial charge in [0.2, 0.25) is 6.79 Å². The Labute approximate surface area is 112 Å². The summed E-state index contributed by atoms with van der Waals surface area (Å²) in [5.41, 5.74) is 7.09. The number of nitrogens with two attached hydrogens (primary N) is 1. The van der Waals surface area contributed by atoms with E-state index in [-0.39, 0.29) is 5.54 Å². The van der Waals surface area contributed by atoms with Gasteiger partial charge in [-0.3, -0.25) is 4.99 Å². The predicted octanol–water partition coefficient (Wildman–Crippen LogP) is 1.42. The average Bonchev–Trinajstić information content (AvgIpc) is 3.03. The molecule has 0 amide bonds. The molecule has 1 saturated carbocycles. The van der Waals surface area contributed by atoms with Crippen LogP contribution < -0.4 is 15.2 Å². The quantitative estimate of drug-likeness (QED) is 0.872. The van der Waals surface area contributed by atoms with Gasteiger partial charge >= 0.3 is 0 Å². The van der Waals surface area contributed by atoms with Crippen LogP contribution in [0.2, 0.25) is 0 Å². The van der Waals surface area contributed by atoms with Gasteiger partial charge in [0.25, 0.3) is 0 Å². The Kier molecular flexibility index (Phi) is 2.05. The monoisotopic (exact) mass is 259 g/mol. The molecule has 1 unspecified atom stereocenters. The second kappa shape index (κ2) is 3.56. The Balaban J connectivity index is 1.74. The second-order valence-electron chi connectivity index (χ2n) is 5.62. The van der Waals surface area contributed by atoms with Crippen molar-refractivity contribution in [1.29, 1.82) is 0 Å². The zero-order chi connectivity index (χ0) is 13.0. The van der Waals surface area contributed by atoms with E-state index in [1.165, 1.54) is 18.4 Å². The van der Waals surface area contributed by atoms with Crippen LogP contribution in [0.5, 0.6) is 11.5 Å². The average molecular weight is 259 g/mol. The molecule has 100 valence electrons. The van der Waals surface area contributed by atoms with Crippen LogP contribution in [0, 0.1) is 0 Å². The van der Waals surface area contributed by atoms with E-state index in [1.807, 2.05) is 6.07 Å². The fourth-order valence-corrected chi connectivity index (χ4v) is 3.02. The molecule has 0 saturated heterocycles. The minimum atomic E-state index is -0.160. The summed E-state index contributed by atoms with van der Waals surface area (Å²) in [4.78, 5) is 6.72. The minimum Gasteiger partial charge on any atom is -0.454 e. The van der Waals surface area contributed by atoms with E-state index in [0.29, 0.717) is 25.3 Å². The third-order valence-electron chi connectivity index (χ3n) is 4.23. The topological polar surface area (TPSA) is 60.1 Å². The maximum Gasteiger partial charge on any atom is 0.231 e. The predicted molar refractivity (Wildman–Crippen MR) is 71.3 cm³/mol. The number of aliphatic imine (C=N–C) groups is 1. The molecular weight excluding hydrogens is 242 g/mol. The normalized spacial score (nSPS) is 28.7. The molecule has 2 aliphatic heterocycles. The van der Waals surface area contributed by atoms with Crippen molar-refractivity contribution in [3.63, 3.8) is 0 Å². The van der Waals surface area contributed by atoms with Gasteiger partial charge in [0.15, 0.2) is 17.5 Å². The minimum absolute atomic E-state index is 0.160. The van der Waals surface area contributed by atoms with Crippen molar-refractivity contribution >= 4 is 5.96 Å². The number of fused-ring (bicyclic) bond motifs is 1. The molecule has 1 fully saturated rings. The van der Waals surface area contributed by atoms with Gasteiger partial charge in [0, 0.05) is 6.04 Å². The standard InChI is InChI=1S/C14H17N3O2/c1-14(7-16-13(15)17(14)10-3-4-10)9-2-5-11-12(6-9)19-8-18-11/h2,5-6,10H,3-4,7-8H2,1H3,(H2,15,16). The van der Waals surface area contributed by atoms with E-state index in [1.54, 1.807) is 0 Å². The SMILES string of the molecule is CC1(c2ccc3c(c2)OCO3)CN=C(N)N1C1CC1. The Morgan fingerprint density at radius 3 is 2.89 bits per heavy atom. The highest BCUT2D eigenvalue weighted by Crippen LogP contribution is 2.44. The largest absolute Gasteiger partial charge is 0.454 e. The Bertz CT molecular complexity index is 568. The second-order valence-corrected chi connectivity index (χ2v) is 5.62. The smallest absolute Gasteiger partial charge is 0.231 e. The van der Waals surface area contributed by atoms with E-state index in [4.69, 9.17) is 15.2 Å². The van der Waals surface area contributed by atoms with Crippen molar-refractivity contribution in [3.05, 3.63) is 23.8 Å². The molecule has 0 spiro atoms. The molecule has 1 aromatic carbocycles. The Morgan fingerprint density at radius 2 is 2.11 bits per heavy atom. The van der Waals surface area contributed by atoms with Gasteiger partial charge in [0.1, 0.15) is 0 Å². The van der Waals surface area contributed by atoms with E-state index in [0.717, 1.165) is 11.5 Å². The summed E-state index contributed by atoms with van der Waals surface area (Å²) >= 11 is 0. The maximum absolute atomic E-state index is 6.07. The molecule has 5 nitrogen and oxygen atoms in total. The first kappa shape index (κ1) is 11.0. The summed E-state index contributed by atoms with van der Waals surface area (Å²) in [6.07, 6.45) is 2.41. The highest BCUT2D eigenvalue weighted by Gasteiger charge is 2.47. The lowest BCUT2D eigenvalue weighted by Gasteiger charge is -2.37. The number of ether oxygens (including phenoxy) is 2. The summed E-state index contributed by atoms with van der Waals surface area (Å²) in [6.45, 7) is 3.21. The lowest BCUT2D eigenvalue weighted by molar-refractivity contribution is 0.173. The number of hydrogen-bond donors (Lipinski definition) is 1. The lowest BCUT2D eigenvalue weighted by atomic mass is 9.90. The van der Waals surface area contributed by atoms with Gasteiger partial charge in [0.05, 0.1) is 12.1 Å². The van der Waals surface area contributed by atoms with Crippen LogP contribution in [0.3, 0.4) is 0 Å². The number of benzene rings is 1. The molecule has 1 aromatic rings. The summed E-state index contributed by atoms with van der Waals surface area (Å²) < 4.78 is 10.8. The van der Waals surface area contributed by atoms with Gasteiger partial charge in [-0.25, -0.2) is 0 Å². The van der Waals surface area contributed by atoms with Gasteiger partial charge < -0.3 is 20.1 Å². The van der Waals surface area contributed by atoms with Gasteiger partial charge in [-0.15, -0.1) is 0 Å². The number of guanidine groups is 1. The van der Waals surface area contributed by atoms with Crippen LogP contribution in [-0.2, 0) is 5.54 Å². The zero-order valence-electron chi connectivity index (χ0n) is 10.9. The summed E-state index contributed by atoms with van der Waals surface area (Å²) in [6, 6.07) is 6.67. The molecule has 5 heteroatoms. The molecule has 0 bridgehead atoms. The van der Waals surface area contributed by atoms with Crippen molar-refractivity contribution < 1.29 is 9.47 Å². The maximum atomic E-state index is 6.07. The highest BCUT2D eigenvalue weighted by atomic mass is 16.7. The molecule has 2 heterocycles. The van der Waals surface area contributed by atoms with Crippen molar-refractivity contribution in [1.82, 2.24) is 4.90 Å². The number of nitrogens with zero attached hydrogens (tertiary/aromatic N) is 2. The molecule has 0 radical (unpaired) electrons. The highest BCUT2D eigenvalue weighted by molar-refractivity contribution is 5.82. The Morgan fingerprint density at radius 1 is 1.32 bits per heavy atom. The third kappa shape index (κ3) is 1.50. The van der Waals surface area contributed by atoms with Crippen LogP contribution in [0.1, 0.15) is 25.3 Å². The summed E-state index contributed by atoms with van der Waals surface area (Å²) in [5, 5.41) is 0. The van der Waals surface area contributed by atoms with E-state index in [2.05, 4.69) is 28.9 Å². The van der Waals surface area contributed by atoms with Crippen molar-refractivity contribution in [2.45, 2.75) is 31.3 Å². The lowest BCUT2D eigenvalue weighted by Crippen LogP contribution is -2.48. The molecule has 0 aromatic heterocycles. The molecular formula is C14H17N3O2. The molecule has 1 atom stereocenters. The van der Waals surface area contributed by atoms with Gasteiger partial charge in [-0.1, -0.05) is 6.07 Å². The van der Waals surface area contributed by atoms with E-state index in [9.17, 15) is 0 Å². The molecule has 2 N–H and O–H groups in total. The van der Waals surface area contributed by atoms with E-state index >= 15 is 0 Å². The van der Waals surface area contributed by atoms with Crippen LogP contribution in [0.4, 0.5) is 0 Å². The van der Waals surface area contributed by atoms with Gasteiger partial charge in [-0.05, 0) is 37.5 Å². The summed E-state index contributed by atoms with van der Waals surface area (Å²) in [7, 11) is 0. The Hall–Kier alpha value is -1.91. The number of rotatable bonds is 2.